The number of fused-ring (bicyclic) bond motifs is 5. The topological polar surface area (TPSA) is 57.6 Å². The standard InChI is InChI=1S/C43H63NO3/c1-9-33-13-11-27-44(33)39(47)43-24-22-34(28(2)3)37(43)36-20-19-32-12-10-14-35(30-15-17-31(18-16-30)38(45)46)40(5,6)29(4)21-23-41(32,7)42(36,8)25-26-43/h14-18,29,32-34,36-37H,2,9-13,19-27H2,1,3-8H3,(H,45,46). The molecule has 4 nitrogen and oxygen atoms in total. The number of hydrogen-bond donors (Lipinski definition) is 1. The number of amides is 1. The zero-order chi connectivity index (χ0) is 33.9. The van der Waals surface area contributed by atoms with Crippen LogP contribution in [0.15, 0.2) is 42.5 Å². The quantitative estimate of drug-likeness (QED) is 0.326. The van der Waals surface area contributed by atoms with Gasteiger partial charge in [0.15, 0.2) is 0 Å². The smallest absolute Gasteiger partial charge is 0.335 e. The summed E-state index contributed by atoms with van der Waals surface area (Å²) in [5, 5.41) is 9.48. The van der Waals surface area contributed by atoms with Crippen LogP contribution in [0.1, 0.15) is 148 Å². The monoisotopic (exact) mass is 641 g/mol. The molecule has 4 heteroatoms. The minimum absolute atomic E-state index is 0.0287. The second-order valence-electron chi connectivity index (χ2n) is 17.8. The van der Waals surface area contributed by atoms with Crippen molar-refractivity contribution in [1.82, 2.24) is 4.90 Å². The van der Waals surface area contributed by atoms with Crippen LogP contribution in [-0.4, -0.2) is 34.5 Å². The van der Waals surface area contributed by atoms with Crippen molar-refractivity contribution in [3.05, 3.63) is 53.6 Å². The van der Waals surface area contributed by atoms with Gasteiger partial charge in [-0.1, -0.05) is 71.9 Å². The van der Waals surface area contributed by atoms with Crippen molar-refractivity contribution in [2.75, 3.05) is 6.54 Å². The van der Waals surface area contributed by atoms with E-state index in [9.17, 15) is 14.7 Å². The number of carbonyl (C=O) groups is 2. The first-order chi connectivity index (χ1) is 22.2. The molecular weight excluding hydrogens is 578 g/mol. The zero-order valence-corrected chi connectivity index (χ0v) is 30.7. The highest BCUT2D eigenvalue weighted by Crippen LogP contribution is 2.73. The predicted octanol–water partition coefficient (Wildman–Crippen LogP) is 10.8. The number of hydrogen-bond acceptors (Lipinski definition) is 2. The Balaban J connectivity index is 1.34. The molecule has 0 aromatic heterocycles. The molecule has 5 aliphatic rings. The number of allylic oxidation sites excluding steroid dienone is 3. The summed E-state index contributed by atoms with van der Waals surface area (Å²) in [6.07, 6.45) is 17.5. The average Bonchev–Trinajstić information content (AvgIpc) is 3.68. The third-order valence-electron chi connectivity index (χ3n) is 15.8. The fraction of sp³-hybridized carbons (Fsp3) is 0.721. The summed E-state index contributed by atoms with van der Waals surface area (Å²) in [6.45, 7) is 22.6. The van der Waals surface area contributed by atoms with Crippen LogP contribution in [0.3, 0.4) is 0 Å². The van der Waals surface area contributed by atoms with Crippen LogP contribution in [0, 0.1) is 51.2 Å². The van der Waals surface area contributed by atoms with Crippen LogP contribution in [0.2, 0.25) is 0 Å². The molecule has 47 heavy (non-hydrogen) atoms. The number of likely N-dealkylation sites (tertiary alicyclic amines) is 1. The third kappa shape index (κ3) is 5.38. The molecule has 4 aliphatic carbocycles. The number of rotatable bonds is 5. The highest BCUT2D eigenvalue weighted by atomic mass is 16.4. The van der Waals surface area contributed by atoms with Crippen molar-refractivity contribution in [2.24, 2.45) is 51.2 Å². The minimum Gasteiger partial charge on any atom is -0.478 e. The van der Waals surface area contributed by atoms with E-state index >= 15 is 0 Å². The SMILES string of the molecule is C=C(C)C1CCC2(C(=O)N3CCCC3CC)CCC3(C)C(CCC4CCC=C(c5ccc(C(=O)O)cc5)C(C)(C)C(C)CCC43C)C12. The molecule has 9 unspecified atom stereocenters. The normalized spacial score (nSPS) is 40.1. The van der Waals surface area contributed by atoms with Gasteiger partial charge >= 0.3 is 5.97 Å². The molecule has 1 aliphatic heterocycles. The number of carbonyl (C=O) groups excluding carboxylic acids is 1. The van der Waals surface area contributed by atoms with Gasteiger partial charge in [0.1, 0.15) is 0 Å². The minimum atomic E-state index is -0.870. The van der Waals surface area contributed by atoms with Crippen molar-refractivity contribution in [1.29, 1.82) is 0 Å². The van der Waals surface area contributed by atoms with Gasteiger partial charge in [-0.2, -0.15) is 0 Å². The Morgan fingerprint density at radius 3 is 2.30 bits per heavy atom. The summed E-state index contributed by atoms with van der Waals surface area (Å²) < 4.78 is 0. The molecule has 3 saturated carbocycles. The lowest BCUT2D eigenvalue weighted by Gasteiger charge is -2.66. The summed E-state index contributed by atoms with van der Waals surface area (Å²) >= 11 is 0. The summed E-state index contributed by atoms with van der Waals surface area (Å²) in [6, 6.07) is 7.99. The molecule has 0 spiro atoms. The molecule has 1 aromatic rings. The van der Waals surface area contributed by atoms with E-state index < -0.39 is 5.97 Å². The molecule has 0 bridgehead atoms. The van der Waals surface area contributed by atoms with E-state index in [4.69, 9.17) is 0 Å². The molecule has 1 heterocycles. The first kappa shape index (κ1) is 34.5. The van der Waals surface area contributed by atoms with Crippen LogP contribution in [0.5, 0.6) is 0 Å². The number of carboxylic acid groups (broad SMARTS) is 1. The number of nitrogens with zero attached hydrogens (tertiary/aromatic N) is 1. The molecule has 6 rings (SSSR count). The van der Waals surface area contributed by atoms with Crippen LogP contribution >= 0.6 is 0 Å². The van der Waals surface area contributed by atoms with E-state index in [1.54, 1.807) is 12.1 Å². The van der Waals surface area contributed by atoms with Gasteiger partial charge in [-0.3, -0.25) is 4.79 Å². The van der Waals surface area contributed by atoms with Crippen LogP contribution < -0.4 is 0 Å². The Bertz CT molecular complexity index is 1410. The largest absolute Gasteiger partial charge is 0.478 e. The van der Waals surface area contributed by atoms with E-state index in [2.05, 4.69) is 66.0 Å². The lowest BCUT2D eigenvalue weighted by Crippen LogP contribution is -2.62. The number of carboxylic acids is 1. The molecule has 1 N–H and O–H groups in total. The van der Waals surface area contributed by atoms with Gasteiger partial charge in [0.05, 0.1) is 11.0 Å². The summed E-state index contributed by atoms with van der Waals surface area (Å²) in [5.41, 5.74) is 4.40. The van der Waals surface area contributed by atoms with E-state index in [0.29, 0.717) is 47.1 Å². The molecule has 1 saturated heterocycles. The first-order valence-electron chi connectivity index (χ1n) is 19.2. The summed E-state index contributed by atoms with van der Waals surface area (Å²) in [7, 11) is 0. The van der Waals surface area contributed by atoms with Gasteiger partial charge in [0, 0.05) is 12.6 Å². The Morgan fingerprint density at radius 2 is 1.64 bits per heavy atom. The second kappa shape index (κ2) is 12.5. The Labute approximate surface area is 285 Å². The fourth-order valence-corrected chi connectivity index (χ4v) is 12.3. The highest BCUT2D eigenvalue weighted by molar-refractivity contribution is 5.88. The van der Waals surface area contributed by atoms with Crippen molar-refractivity contribution < 1.29 is 14.7 Å². The second-order valence-corrected chi connectivity index (χ2v) is 17.8. The highest BCUT2D eigenvalue weighted by Gasteiger charge is 2.68. The Hall–Kier alpha value is -2.36. The maximum absolute atomic E-state index is 14.8. The van der Waals surface area contributed by atoms with E-state index in [1.165, 1.54) is 56.1 Å². The number of aromatic carboxylic acids is 1. The molecule has 1 amide bonds. The lowest BCUT2D eigenvalue weighted by molar-refractivity contribution is -0.184. The van der Waals surface area contributed by atoms with Crippen molar-refractivity contribution in [2.45, 2.75) is 138 Å². The Kier molecular flexibility index (Phi) is 9.18. The predicted molar refractivity (Wildman–Crippen MR) is 193 cm³/mol. The number of benzene rings is 1. The van der Waals surface area contributed by atoms with Crippen LogP contribution in [0.25, 0.3) is 5.57 Å². The molecule has 0 radical (unpaired) electrons. The van der Waals surface area contributed by atoms with Crippen molar-refractivity contribution in [3.8, 4) is 0 Å². The van der Waals surface area contributed by atoms with E-state index in [-0.39, 0.29) is 21.7 Å². The maximum atomic E-state index is 14.8. The van der Waals surface area contributed by atoms with Crippen molar-refractivity contribution >= 4 is 17.4 Å². The average molecular weight is 642 g/mol. The van der Waals surface area contributed by atoms with Gasteiger partial charge in [-0.05, 0) is 159 Å². The van der Waals surface area contributed by atoms with Gasteiger partial charge < -0.3 is 10.0 Å². The maximum Gasteiger partial charge on any atom is 0.335 e. The molecule has 9 atom stereocenters. The van der Waals surface area contributed by atoms with Gasteiger partial charge in [-0.15, -0.1) is 0 Å². The van der Waals surface area contributed by atoms with Gasteiger partial charge in [-0.25, -0.2) is 4.79 Å². The van der Waals surface area contributed by atoms with Crippen molar-refractivity contribution in [3.63, 3.8) is 0 Å². The van der Waals surface area contributed by atoms with E-state index in [0.717, 1.165) is 50.6 Å². The lowest BCUT2D eigenvalue weighted by atomic mass is 9.38. The molecule has 1 aromatic carbocycles. The first-order valence-corrected chi connectivity index (χ1v) is 19.2. The molecule has 4 fully saturated rings. The molecule has 258 valence electrons. The summed E-state index contributed by atoms with van der Waals surface area (Å²) in [4.78, 5) is 28.7. The fourth-order valence-electron chi connectivity index (χ4n) is 12.3. The van der Waals surface area contributed by atoms with Crippen LogP contribution in [0.4, 0.5) is 0 Å². The van der Waals surface area contributed by atoms with Gasteiger partial charge in [0.2, 0.25) is 5.91 Å². The van der Waals surface area contributed by atoms with Gasteiger partial charge in [0.25, 0.3) is 0 Å². The molecular formula is C43H63NO3. The van der Waals surface area contributed by atoms with E-state index in [1.807, 2.05) is 12.1 Å². The Morgan fingerprint density at radius 1 is 0.915 bits per heavy atom. The third-order valence-corrected chi connectivity index (χ3v) is 15.8. The zero-order valence-electron chi connectivity index (χ0n) is 30.7. The van der Waals surface area contributed by atoms with Crippen LogP contribution in [-0.2, 0) is 4.79 Å². The summed E-state index contributed by atoms with van der Waals surface area (Å²) in [5.74, 6) is 2.24.